The summed E-state index contributed by atoms with van der Waals surface area (Å²) >= 11 is 5.91. The Balaban J connectivity index is 1.23. The number of fused-ring (bicyclic) bond motifs is 2. The molecule has 5 aromatic rings. The van der Waals surface area contributed by atoms with Gasteiger partial charge in [0.1, 0.15) is 23.3 Å². The topological polar surface area (TPSA) is 82.8 Å². The third-order valence-corrected chi connectivity index (χ3v) is 8.28. The number of para-hydroxylation sites is 1. The molecule has 4 aromatic carbocycles. The van der Waals surface area contributed by atoms with Crippen LogP contribution in [0.4, 0.5) is 13.2 Å². The number of ether oxygens (including phenoxy) is 3. The van der Waals surface area contributed by atoms with Crippen LogP contribution in [-0.2, 0) is 23.5 Å². The second-order valence-electron chi connectivity index (χ2n) is 10.9. The van der Waals surface area contributed by atoms with Gasteiger partial charge in [-0.05, 0) is 66.6 Å². The van der Waals surface area contributed by atoms with Gasteiger partial charge >= 0.3 is 5.97 Å². The van der Waals surface area contributed by atoms with Crippen LogP contribution in [0.1, 0.15) is 40.7 Å². The number of aromatic carboxylic acids is 1. The summed E-state index contributed by atoms with van der Waals surface area (Å²) in [6.07, 6.45) is 0.528. The maximum atomic E-state index is 15.7. The summed E-state index contributed by atoms with van der Waals surface area (Å²) in [5, 5.41) is 9.70. The van der Waals surface area contributed by atoms with Crippen molar-refractivity contribution in [3.05, 3.63) is 112 Å². The first-order valence-electron chi connectivity index (χ1n) is 13.9. The Kier molecular flexibility index (Phi) is 6.78. The maximum absolute atomic E-state index is 15.7. The van der Waals surface area contributed by atoms with Crippen LogP contribution in [-0.4, -0.2) is 33.3 Å². The lowest BCUT2D eigenvalue weighted by atomic mass is 10.00. The van der Waals surface area contributed by atoms with Gasteiger partial charge in [0, 0.05) is 36.1 Å². The molecule has 2 aliphatic rings. The van der Waals surface area contributed by atoms with Crippen LogP contribution >= 0.6 is 11.6 Å². The molecular weight excluding hydrogens is 597 g/mol. The number of benzene rings is 4. The number of hydrogen-bond acceptors (Lipinski definition) is 5. The van der Waals surface area contributed by atoms with Gasteiger partial charge in [-0.25, -0.2) is 22.9 Å². The Hall–Kier alpha value is -4.54. The summed E-state index contributed by atoms with van der Waals surface area (Å²) in [5.41, 5.74) is 1.62. The Bertz CT molecular complexity index is 1950. The lowest BCUT2D eigenvalue weighted by Crippen LogP contribution is -2.32. The van der Waals surface area contributed by atoms with Crippen LogP contribution in [0.5, 0.6) is 11.5 Å². The molecule has 1 saturated heterocycles. The number of carboxylic acids is 1. The van der Waals surface area contributed by atoms with Gasteiger partial charge in [-0.3, -0.25) is 0 Å². The van der Waals surface area contributed by atoms with Gasteiger partial charge in [-0.15, -0.1) is 0 Å². The van der Waals surface area contributed by atoms with E-state index in [1.54, 1.807) is 35.8 Å². The van der Waals surface area contributed by atoms with Crippen molar-refractivity contribution in [2.45, 2.75) is 38.2 Å². The standard InChI is InChI=1S/C33H24ClF3N2O5/c1-33(23-7-6-19(34)14-26(23)37)43-29-4-2-3-21(31(29)44-33)18-11-24(35)22(25(36)12-18)15-30-38-27-8-5-17(32(40)41)13-28(27)39(30)16-20-9-10-42-20/h2-8,11-14,20H,9-10,15-16H2,1H3,(H,40,41)/t20-,33+/m0/s1. The number of nitrogens with zero attached hydrogens (tertiary/aromatic N) is 2. The summed E-state index contributed by atoms with van der Waals surface area (Å²) in [6, 6.07) is 16.0. The fraction of sp³-hybridized carbons (Fsp3) is 0.212. The van der Waals surface area contributed by atoms with Crippen LogP contribution in [0.3, 0.4) is 0 Å². The molecule has 2 aliphatic heterocycles. The minimum Gasteiger partial charge on any atom is -0.478 e. The SMILES string of the molecule is C[C@@]1(c2ccc(Cl)cc2F)Oc2cccc(-c3cc(F)c(Cc4nc5ccc(C(=O)O)cc5n4C[C@@H]4CCO4)c(F)c3)c2O1. The van der Waals surface area contributed by atoms with Crippen LogP contribution in [0.2, 0.25) is 5.02 Å². The third-order valence-electron chi connectivity index (χ3n) is 8.04. The van der Waals surface area contributed by atoms with Crippen molar-refractivity contribution in [2.24, 2.45) is 0 Å². The van der Waals surface area contributed by atoms with E-state index in [4.69, 9.17) is 25.8 Å². The average molecular weight is 621 g/mol. The number of hydrogen-bond donors (Lipinski definition) is 1. The summed E-state index contributed by atoms with van der Waals surface area (Å²) in [4.78, 5) is 16.2. The Morgan fingerprint density at radius 3 is 2.50 bits per heavy atom. The van der Waals surface area contributed by atoms with Gasteiger partial charge < -0.3 is 23.9 Å². The number of carboxylic acid groups (broad SMARTS) is 1. The average Bonchev–Trinajstić information content (AvgIpc) is 3.48. The summed E-state index contributed by atoms with van der Waals surface area (Å²) in [6.45, 7) is 2.54. The molecule has 1 fully saturated rings. The zero-order valence-electron chi connectivity index (χ0n) is 23.2. The molecule has 0 unspecified atom stereocenters. The van der Waals surface area contributed by atoms with E-state index >= 15 is 8.78 Å². The fourth-order valence-corrected chi connectivity index (χ4v) is 5.84. The van der Waals surface area contributed by atoms with E-state index in [9.17, 15) is 14.3 Å². The highest BCUT2D eigenvalue weighted by atomic mass is 35.5. The monoisotopic (exact) mass is 620 g/mol. The first-order chi connectivity index (χ1) is 21.1. The van der Waals surface area contributed by atoms with Crippen molar-refractivity contribution < 1.29 is 37.3 Å². The lowest BCUT2D eigenvalue weighted by molar-refractivity contribution is -0.0705. The molecule has 1 aromatic heterocycles. The number of imidazole rings is 1. The fourth-order valence-electron chi connectivity index (χ4n) is 5.68. The molecule has 0 spiro atoms. The van der Waals surface area contributed by atoms with E-state index in [1.165, 1.54) is 36.4 Å². The van der Waals surface area contributed by atoms with Crippen molar-refractivity contribution in [3.8, 4) is 22.6 Å². The Morgan fingerprint density at radius 1 is 1.05 bits per heavy atom. The minimum atomic E-state index is -1.53. The number of carbonyl (C=O) groups is 1. The van der Waals surface area contributed by atoms with E-state index in [0.29, 0.717) is 35.6 Å². The first kappa shape index (κ1) is 28.2. The largest absolute Gasteiger partial charge is 0.478 e. The Labute approximate surface area is 254 Å². The van der Waals surface area contributed by atoms with Gasteiger partial charge in [0.25, 0.3) is 5.79 Å². The molecule has 0 radical (unpaired) electrons. The molecule has 0 saturated carbocycles. The van der Waals surface area contributed by atoms with Gasteiger partial charge in [0.2, 0.25) is 0 Å². The molecule has 1 N–H and O–H groups in total. The number of rotatable bonds is 7. The summed E-state index contributed by atoms with van der Waals surface area (Å²) in [7, 11) is 0. The van der Waals surface area contributed by atoms with E-state index in [1.807, 2.05) is 0 Å². The van der Waals surface area contributed by atoms with Crippen LogP contribution in [0.25, 0.3) is 22.2 Å². The molecule has 7 rings (SSSR count). The molecule has 0 bridgehead atoms. The van der Waals surface area contributed by atoms with E-state index in [-0.39, 0.29) is 51.3 Å². The summed E-state index contributed by atoms with van der Waals surface area (Å²) in [5.74, 6) is -3.96. The zero-order chi connectivity index (χ0) is 30.7. The molecular formula is C33H24ClF3N2O5. The first-order valence-corrected chi connectivity index (χ1v) is 14.3. The van der Waals surface area contributed by atoms with Crippen LogP contribution in [0.15, 0.2) is 66.7 Å². The zero-order valence-corrected chi connectivity index (χ0v) is 24.0. The van der Waals surface area contributed by atoms with Crippen molar-refractivity contribution in [3.63, 3.8) is 0 Å². The highest BCUT2D eigenvalue weighted by molar-refractivity contribution is 6.30. The van der Waals surface area contributed by atoms with Crippen LogP contribution < -0.4 is 9.47 Å². The third kappa shape index (κ3) is 4.84. The smallest absolute Gasteiger partial charge is 0.335 e. The minimum absolute atomic E-state index is 0.0814. The van der Waals surface area contributed by atoms with Crippen LogP contribution in [0, 0.1) is 17.5 Å². The Morgan fingerprint density at radius 2 is 1.82 bits per heavy atom. The quantitative estimate of drug-likeness (QED) is 0.203. The molecule has 44 heavy (non-hydrogen) atoms. The molecule has 3 heterocycles. The highest BCUT2D eigenvalue weighted by Gasteiger charge is 2.42. The highest BCUT2D eigenvalue weighted by Crippen LogP contribution is 2.50. The molecule has 0 aliphatic carbocycles. The van der Waals surface area contributed by atoms with Gasteiger partial charge in [-0.1, -0.05) is 23.7 Å². The second kappa shape index (κ2) is 10.6. The molecule has 7 nitrogen and oxygen atoms in total. The predicted molar refractivity (Wildman–Crippen MR) is 156 cm³/mol. The second-order valence-corrected chi connectivity index (χ2v) is 11.4. The normalized spacial score (nSPS) is 18.9. The molecule has 0 amide bonds. The van der Waals surface area contributed by atoms with Crippen molar-refractivity contribution in [2.75, 3.05) is 6.61 Å². The summed E-state index contributed by atoms with van der Waals surface area (Å²) < 4.78 is 65.7. The van der Waals surface area contributed by atoms with Gasteiger partial charge in [0.15, 0.2) is 11.5 Å². The molecule has 11 heteroatoms. The predicted octanol–water partition coefficient (Wildman–Crippen LogP) is 7.50. The van der Waals surface area contributed by atoms with E-state index in [2.05, 4.69) is 4.98 Å². The van der Waals surface area contributed by atoms with E-state index < -0.39 is 29.2 Å². The molecule has 224 valence electrons. The van der Waals surface area contributed by atoms with Gasteiger partial charge in [-0.2, -0.15) is 0 Å². The number of halogens is 4. The van der Waals surface area contributed by atoms with Crippen molar-refractivity contribution in [1.82, 2.24) is 9.55 Å². The lowest BCUT2D eigenvalue weighted by Gasteiger charge is -2.27. The van der Waals surface area contributed by atoms with Crippen molar-refractivity contribution >= 4 is 28.6 Å². The molecule has 2 atom stereocenters. The van der Waals surface area contributed by atoms with Crippen molar-refractivity contribution in [1.29, 1.82) is 0 Å². The number of aromatic nitrogens is 2. The maximum Gasteiger partial charge on any atom is 0.335 e. The van der Waals surface area contributed by atoms with E-state index in [0.717, 1.165) is 12.5 Å². The van der Waals surface area contributed by atoms with Gasteiger partial charge in [0.05, 0.1) is 34.8 Å².